The molecule has 0 fully saturated rings. The maximum Gasteiger partial charge on any atom is 0.326 e. The van der Waals surface area contributed by atoms with Gasteiger partial charge >= 0.3 is 11.9 Å². The van der Waals surface area contributed by atoms with Gasteiger partial charge < -0.3 is 21.3 Å². The number of hydrogen-bond acceptors (Lipinski definition) is 4. The van der Waals surface area contributed by atoms with Crippen molar-refractivity contribution in [3.05, 3.63) is 0 Å². The minimum absolute atomic E-state index is 0.0301. The molecule has 0 radical (unpaired) electrons. The Bertz CT molecular complexity index is 335. The fourth-order valence-electron chi connectivity index (χ4n) is 1.31. The lowest BCUT2D eigenvalue weighted by Crippen LogP contribution is -2.53. The molecule has 0 aliphatic heterocycles. The van der Waals surface area contributed by atoms with E-state index in [1.165, 1.54) is 0 Å². The van der Waals surface area contributed by atoms with Crippen LogP contribution in [0, 0.1) is 5.41 Å². The molecule has 0 aromatic heterocycles. The molecule has 104 valence electrons. The van der Waals surface area contributed by atoms with E-state index in [9.17, 15) is 14.4 Å². The molecule has 5 N–H and O–H groups in total. The number of nitrogens with one attached hydrogen (secondary N) is 1. The zero-order valence-electron chi connectivity index (χ0n) is 10.8. The van der Waals surface area contributed by atoms with Crippen LogP contribution in [0.25, 0.3) is 0 Å². The predicted molar refractivity (Wildman–Crippen MR) is 63.9 cm³/mol. The molecular weight excluding hydrogens is 240 g/mol. The molecule has 0 bridgehead atoms. The first-order valence-electron chi connectivity index (χ1n) is 5.56. The summed E-state index contributed by atoms with van der Waals surface area (Å²) < 4.78 is 0. The fourth-order valence-corrected chi connectivity index (χ4v) is 1.31. The maximum atomic E-state index is 11.6. The summed E-state index contributed by atoms with van der Waals surface area (Å²) in [5.41, 5.74) is 4.83. The minimum atomic E-state index is -1.15. The highest BCUT2D eigenvalue weighted by molar-refractivity contribution is 5.87. The van der Waals surface area contributed by atoms with Crippen molar-refractivity contribution in [2.75, 3.05) is 0 Å². The number of amides is 1. The van der Waals surface area contributed by atoms with Gasteiger partial charge in [-0.15, -0.1) is 0 Å². The zero-order chi connectivity index (χ0) is 14.5. The molecule has 18 heavy (non-hydrogen) atoms. The van der Waals surface area contributed by atoms with Crippen molar-refractivity contribution in [2.45, 2.75) is 45.7 Å². The summed E-state index contributed by atoms with van der Waals surface area (Å²) in [4.78, 5) is 33.0. The Morgan fingerprint density at radius 1 is 1.22 bits per heavy atom. The van der Waals surface area contributed by atoms with Gasteiger partial charge in [0.25, 0.3) is 0 Å². The summed E-state index contributed by atoms with van der Waals surface area (Å²) >= 11 is 0. The second kappa shape index (κ2) is 6.34. The van der Waals surface area contributed by atoms with E-state index in [4.69, 9.17) is 15.9 Å². The van der Waals surface area contributed by atoms with Crippen LogP contribution in [-0.4, -0.2) is 40.1 Å². The molecular formula is C11H20N2O5. The highest BCUT2D eigenvalue weighted by Crippen LogP contribution is 2.19. The summed E-state index contributed by atoms with van der Waals surface area (Å²) in [5.74, 6) is -2.86. The number of nitrogens with two attached hydrogens (primary N) is 1. The highest BCUT2D eigenvalue weighted by atomic mass is 16.4. The Morgan fingerprint density at radius 2 is 1.72 bits per heavy atom. The molecule has 0 aromatic carbocycles. The summed E-state index contributed by atoms with van der Waals surface area (Å²) in [6.45, 7) is 5.03. The first-order chi connectivity index (χ1) is 8.05. The molecule has 7 nitrogen and oxygen atoms in total. The maximum absolute atomic E-state index is 11.6. The third-order valence-corrected chi connectivity index (χ3v) is 2.41. The van der Waals surface area contributed by atoms with Gasteiger partial charge in [0.15, 0.2) is 0 Å². The second-order valence-electron chi connectivity index (χ2n) is 5.18. The number of carbonyl (C=O) groups excluding carboxylic acids is 1. The van der Waals surface area contributed by atoms with Crippen LogP contribution in [0.1, 0.15) is 33.6 Å². The minimum Gasteiger partial charge on any atom is -0.481 e. The van der Waals surface area contributed by atoms with Gasteiger partial charge in [-0.25, -0.2) is 4.79 Å². The number of rotatable bonds is 6. The number of hydrogen-bond donors (Lipinski definition) is 4. The molecule has 0 aromatic rings. The molecule has 0 aliphatic rings. The van der Waals surface area contributed by atoms with Gasteiger partial charge in [0.1, 0.15) is 6.04 Å². The zero-order valence-corrected chi connectivity index (χ0v) is 10.8. The molecule has 1 amide bonds. The number of aliphatic carboxylic acids is 2. The topological polar surface area (TPSA) is 130 Å². The smallest absolute Gasteiger partial charge is 0.326 e. The first kappa shape index (κ1) is 16.4. The number of carboxylic acids is 2. The van der Waals surface area contributed by atoms with Gasteiger partial charge in [-0.05, 0) is 11.8 Å². The molecule has 0 saturated carbocycles. The Balaban J connectivity index is 4.52. The van der Waals surface area contributed by atoms with Gasteiger partial charge in [-0.2, -0.15) is 0 Å². The molecule has 1 unspecified atom stereocenters. The van der Waals surface area contributed by atoms with Gasteiger partial charge in [0.2, 0.25) is 5.91 Å². The number of carbonyl (C=O) groups is 3. The molecule has 2 atom stereocenters. The lowest BCUT2D eigenvalue weighted by atomic mass is 9.86. The predicted octanol–water partition coefficient (Wildman–Crippen LogP) is -0.206. The quantitative estimate of drug-likeness (QED) is 0.523. The van der Waals surface area contributed by atoms with Crippen LogP contribution in [0.2, 0.25) is 0 Å². The number of carboxylic acid groups (broad SMARTS) is 2. The Morgan fingerprint density at radius 3 is 2.06 bits per heavy atom. The van der Waals surface area contributed by atoms with Gasteiger partial charge in [-0.3, -0.25) is 9.59 Å². The van der Waals surface area contributed by atoms with E-state index in [-0.39, 0.29) is 12.8 Å². The lowest BCUT2D eigenvalue weighted by Gasteiger charge is -2.28. The average Bonchev–Trinajstić information content (AvgIpc) is 2.19. The van der Waals surface area contributed by atoms with Gasteiger partial charge in [0, 0.05) is 6.42 Å². The lowest BCUT2D eigenvalue weighted by molar-refractivity contribution is -0.145. The monoisotopic (exact) mass is 260 g/mol. The van der Waals surface area contributed by atoms with Crippen LogP contribution >= 0.6 is 0 Å². The molecule has 0 spiro atoms. The summed E-state index contributed by atoms with van der Waals surface area (Å²) in [6.07, 6.45) is -0.264. The van der Waals surface area contributed by atoms with Crippen LogP contribution in [-0.2, 0) is 14.4 Å². The fraction of sp³-hybridized carbons (Fsp3) is 0.727. The van der Waals surface area contributed by atoms with E-state index in [1.54, 1.807) is 20.8 Å². The third-order valence-electron chi connectivity index (χ3n) is 2.41. The van der Waals surface area contributed by atoms with Gasteiger partial charge in [0.05, 0.1) is 6.04 Å². The van der Waals surface area contributed by atoms with E-state index >= 15 is 0 Å². The van der Waals surface area contributed by atoms with Crippen molar-refractivity contribution in [1.82, 2.24) is 5.32 Å². The molecule has 0 aliphatic carbocycles. The average molecular weight is 260 g/mol. The molecule has 0 heterocycles. The van der Waals surface area contributed by atoms with E-state index in [0.29, 0.717) is 0 Å². The summed E-state index contributed by atoms with van der Waals surface area (Å²) in [7, 11) is 0. The van der Waals surface area contributed by atoms with E-state index in [0.717, 1.165) is 0 Å². The van der Waals surface area contributed by atoms with Crippen LogP contribution in [0.15, 0.2) is 0 Å². The first-order valence-corrected chi connectivity index (χ1v) is 5.56. The molecule has 0 saturated heterocycles. The third kappa shape index (κ3) is 5.62. The highest BCUT2D eigenvalue weighted by Gasteiger charge is 2.33. The Kier molecular flexibility index (Phi) is 5.77. The van der Waals surface area contributed by atoms with Gasteiger partial charge in [-0.1, -0.05) is 20.8 Å². The van der Waals surface area contributed by atoms with E-state index < -0.39 is 35.3 Å². The standard InChI is InChI=1S/C11H20N2O5/c1-11(2,3)8(10(17)18)13-9(16)6(12)4-5-7(14)15/h6,8H,4-5,12H2,1-3H3,(H,13,16)(H,14,15)(H,17,18)/t6?,8-/m1/s1. The Hall–Kier alpha value is -1.63. The summed E-state index contributed by atoms with van der Waals surface area (Å²) in [6, 6.07) is -2.09. The van der Waals surface area contributed by atoms with Crippen LogP contribution in [0.3, 0.4) is 0 Å². The Labute approximate surface area is 105 Å². The molecule has 7 heteroatoms. The van der Waals surface area contributed by atoms with E-state index in [1.807, 2.05) is 0 Å². The SMILES string of the molecule is CC(C)(C)[C@H](NC(=O)C(N)CCC(=O)O)C(=O)O. The van der Waals surface area contributed by atoms with Crippen molar-refractivity contribution >= 4 is 17.8 Å². The summed E-state index contributed by atoms with van der Waals surface area (Å²) in [5, 5.41) is 19.8. The largest absolute Gasteiger partial charge is 0.481 e. The normalized spacial score (nSPS) is 14.7. The van der Waals surface area contributed by atoms with Crippen molar-refractivity contribution in [2.24, 2.45) is 11.1 Å². The van der Waals surface area contributed by atoms with Crippen LogP contribution in [0.4, 0.5) is 0 Å². The van der Waals surface area contributed by atoms with Crippen molar-refractivity contribution < 1.29 is 24.6 Å². The van der Waals surface area contributed by atoms with Crippen molar-refractivity contribution in [1.29, 1.82) is 0 Å². The van der Waals surface area contributed by atoms with Crippen molar-refractivity contribution in [3.8, 4) is 0 Å². The van der Waals surface area contributed by atoms with E-state index in [2.05, 4.69) is 5.32 Å². The van der Waals surface area contributed by atoms with Crippen LogP contribution in [0.5, 0.6) is 0 Å². The van der Waals surface area contributed by atoms with Crippen molar-refractivity contribution in [3.63, 3.8) is 0 Å². The molecule has 0 rings (SSSR count). The van der Waals surface area contributed by atoms with Crippen LogP contribution < -0.4 is 11.1 Å². The second-order valence-corrected chi connectivity index (χ2v) is 5.18.